The topological polar surface area (TPSA) is 79.2 Å². The molecule has 0 spiro atoms. The zero-order valence-corrected chi connectivity index (χ0v) is 8.53. The molecular weight excluding hydrogens is 211 g/mol. The maximum atomic E-state index is 12.7. The van der Waals surface area contributed by atoms with Gasteiger partial charge in [0.2, 0.25) is 5.91 Å². The van der Waals surface area contributed by atoms with Gasteiger partial charge in [0.1, 0.15) is 5.82 Å². The smallest absolute Gasteiger partial charge is 0.225 e. The standard InChI is InChI=1S/C10H13FN4O/c11-6-1-3-7(4-2-6)13-10-14-8(12)5-9(16)15-10/h1-4,8,10,13-14H,5,12H2,(H,15,16). The summed E-state index contributed by atoms with van der Waals surface area (Å²) in [4.78, 5) is 11.2. The molecule has 1 amide bonds. The van der Waals surface area contributed by atoms with Crippen LogP contribution in [0.15, 0.2) is 24.3 Å². The lowest BCUT2D eigenvalue weighted by Gasteiger charge is -2.30. The Balaban J connectivity index is 1.98. The van der Waals surface area contributed by atoms with E-state index in [1.807, 2.05) is 0 Å². The van der Waals surface area contributed by atoms with Crippen LogP contribution in [0.2, 0.25) is 0 Å². The lowest BCUT2D eigenvalue weighted by atomic mass is 10.2. The highest BCUT2D eigenvalue weighted by Gasteiger charge is 2.22. The van der Waals surface area contributed by atoms with Crippen LogP contribution in [0.5, 0.6) is 0 Å². The van der Waals surface area contributed by atoms with E-state index in [1.54, 1.807) is 12.1 Å². The van der Waals surface area contributed by atoms with E-state index in [-0.39, 0.29) is 24.3 Å². The number of hydrogen-bond donors (Lipinski definition) is 4. The molecule has 16 heavy (non-hydrogen) atoms. The average Bonchev–Trinajstić information content (AvgIpc) is 2.20. The second-order valence-corrected chi connectivity index (χ2v) is 3.63. The number of nitrogens with one attached hydrogen (secondary N) is 3. The number of halogens is 1. The molecule has 5 nitrogen and oxygen atoms in total. The number of rotatable bonds is 2. The zero-order valence-electron chi connectivity index (χ0n) is 8.53. The van der Waals surface area contributed by atoms with Gasteiger partial charge in [-0.15, -0.1) is 0 Å². The Morgan fingerprint density at radius 3 is 2.69 bits per heavy atom. The molecule has 1 fully saturated rings. The first kappa shape index (κ1) is 10.8. The quantitative estimate of drug-likeness (QED) is 0.566. The minimum absolute atomic E-state index is 0.120. The largest absolute Gasteiger partial charge is 0.353 e. The summed E-state index contributed by atoms with van der Waals surface area (Å²) in [5, 5.41) is 8.60. The fourth-order valence-electron chi connectivity index (χ4n) is 1.52. The Morgan fingerprint density at radius 2 is 2.06 bits per heavy atom. The van der Waals surface area contributed by atoms with Crippen molar-refractivity contribution < 1.29 is 9.18 Å². The minimum atomic E-state index is -0.429. The Kier molecular flexibility index (Phi) is 3.02. The number of hydrogen-bond acceptors (Lipinski definition) is 4. The van der Waals surface area contributed by atoms with Crippen molar-refractivity contribution in [1.82, 2.24) is 10.6 Å². The van der Waals surface area contributed by atoms with E-state index in [9.17, 15) is 9.18 Å². The molecule has 1 aromatic carbocycles. The first-order valence-electron chi connectivity index (χ1n) is 4.96. The van der Waals surface area contributed by atoms with Gasteiger partial charge in [0, 0.05) is 5.69 Å². The van der Waals surface area contributed by atoms with Crippen LogP contribution in [0.25, 0.3) is 0 Å². The number of nitrogens with two attached hydrogens (primary N) is 1. The van der Waals surface area contributed by atoms with Gasteiger partial charge in [-0.1, -0.05) is 0 Å². The molecule has 1 heterocycles. The molecule has 2 rings (SSSR count). The summed E-state index contributed by atoms with van der Waals surface area (Å²) in [5.74, 6) is -0.422. The normalized spacial score (nSPS) is 25.0. The summed E-state index contributed by atoms with van der Waals surface area (Å²) in [7, 11) is 0. The minimum Gasteiger partial charge on any atom is -0.353 e. The molecule has 1 saturated heterocycles. The van der Waals surface area contributed by atoms with E-state index >= 15 is 0 Å². The third-order valence-electron chi connectivity index (χ3n) is 2.25. The summed E-state index contributed by atoms with van der Waals surface area (Å²) in [5.41, 5.74) is 6.32. The van der Waals surface area contributed by atoms with Gasteiger partial charge in [0.15, 0.2) is 6.29 Å². The van der Waals surface area contributed by atoms with E-state index in [4.69, 9.17) is 5.73 Å². The van der Waals surface area contributed by atoms with E-state index in [2.05, 4.69) is 16.0 Å². The Labute approximate surface area is 92.2 Å². The van der Waals surface area contributed by atoms with Gasteiger partial charge in [-0.2, -0.15) is 0 Å². The van der Waals surface area contributed by atoms with Gasteiger partial charge in [0.25, 0.3) is 0 Å². The fourth-order valence-corrected chi connectivity index (χ4v) is 1.52. The van der Waals surface area contributed by atoms with Crippen LogP contribution in [-0.4, -0.2) is 18.4 Å². The molecule has 0 aliphatic carbocycles. The van der Waals surface area contributed by atoms with Crippen molar-refractivity contribution in [2.45, 2.75) is 18.9 Å². The van der Waals surface area contributed by atoms with Gasteiger partial charge >= 0.3 is 0 Å². The lowest BCUT2D eigenvalue weighted by molar-refractivity contribution is -0.124. The predicted molar refractivity (Wildman–Crippen MR) is 57.7 cm³/mol. The highest BCUT2D eigenvalue weighted by Crippen LogP contribution is 2.09. The first-order chi connectivity index (χ1) is 7.63. The van der Waals surface area contributed by atoms with Crippen molar-refractivity contribution >= 4 is 11.6 Å². The zero-order chi connectivity index (χ0) is 11.5. The van der Waals surface area contributed by atoms with Crippen LogP contribution in [0, 0.1) is 5.82 Å². The van der Waals surface area contributed by atoms with Crippen molar-refractivity contribution in [3.05, 3.63) is 30.1 Å². The summed E-state index contributed by atoms with van der Waals surface area (Å²) in [6, 6.07) is 5.85. The molecule has 0 aromatic heterocycles. The third-order valence-corrected chi connectivity index (χ3v) is 2.25. The van der Waals surface area contributed by atoms with Crippen LogP contribution in [-0.2, 0) is 4.79 Å². The van der Waals surface area contributed by atoms with Crippen molar-refractivity contribution in [2.75, 3.05) is 5.32 Å². The van der Waals surface area contributed by atoms with Crippen LogP contribution < -0.4 is 21.7 Å². The molecule has 1 aliphatic heterocycles. The number of carbonyl (C=O) groups excluding carboxylic acids is 1. The number of benzene rings is 1. The Morgan fingerprint density at radius 1 is 1.38 bits per heavy atom. The highest BCUT2D eigenvalue weighted by molar-refractivity contribution is 5.78. The van der Waals surface area contributed by atoms with Gasteiger partial charge in [-0.05, 0) is 24.3 Å². The number of carbonyl (C=O) groups is 1. The predicted octanol–water partition coefficient (Wildman–Crippen LogP) is -0.0845. The monoisotopic (exact) mass is 224 g/mol. The first-order valence-corrected chi connectivity index (χ1v) is 4.96. The molecular formula is C10H13FN4O. The summed E-state index contributed by atoms with van der Waals surface area (Å²) < 4.78 is 12.7. The van der Waals surface area contributed by atoms with E-state index in [1.165, 1.54) is 12.1 Å². The third kappa shape index (κ3) is 2.68. The summed E-state index contributed by atoms with van der Waals surface area (Å²) in [6.07, 6.45) is -0.546. The summed E-state index contributed by atoms with van der Waals surface area (Å²) >= 11 is 0. The summed E-state index contributed by atoms with van der Waals surface area (Å²) in [6.45, 7) is 0. The van der Waals surface area contributed by atoms with Crippen molar-refractivity contribution in [1.29, 1.82) is 0 Å². The van der Waals surface area contributed by atoms with Crippen LogP contribution in [0.3, 0.4) is 0 Å². The molecule has 5 N–H and O–H groups in total. The molecule has 0 bridgehead atoms. The Hall–Kier alpha value is -1.66. The van der Waals surface area contributed by atoms with Crippen LogP contribution in [0.1, 0.15) is 6.42 Å². The van der Waals surface area contributed by atoms with Gasteiger partial charge in [-0.3, -0.25) is 10.1 Å². The van der Waals surface area contributed by atoms with Crippen molar-refractivity contribution in [2.24, 2.45) is 5.73 Å². The molecule has 2 unspecified atom stereocenters. The van der Waals surface area contributed by atoms with E-state index in [0.29, 0.717) is 5.69 Å². The second-order valence-electron chi connectivity index (χ2n) is 3.63. The molecule has 1 aromatic rings. The average molecular weight is 224 g/mol. The van der Waals surface area contributed by atoms with Crippen molar-refractivity contribution in [3.8, 4) is 0 Å². The Bertz CT molecular complexity index is 381. The molecule has 2 atom stereocenters. The van der Waals surface area contributed by atoms with Crippen molar-refractivity contribution in [3.63, 3.8) is 0 Å². The van der Waals surface area contributed by atoms with Crippen LogP contribution >= 0.6 is 0 Å². The maximum absolute atomic E-state index is 12.7. The van der Waals surface area contributed by atoms with Gasteiger partial charge < -0.3 is 16.4 Å². The second kappa shape index (κ2) is 4.46. The molecule has 0 saturated carbocycles. The molecule has 1 aliphatic rings. The van der Waals surface area contributed by atoms with E-state index in [0.717, 1.165) is 0 Å². The maximum Gasteiger partial charge on any atom is 0.225 e. The van der Waals surface area contributed by atoms with Crippen LogP contribution in [0.4, 0.5) is 10.1 Å². The van der Waals surface area contributed by atoms with Gasteiger partial charge in [-0.25, -0.2) is 4.39 Å². The molecule has 86 valence electrons. The highest BCUT2D eigenvalue weighted by atomic mass is 19.1. The fraction of sp³-hybridized carbons (Fsp3) is 0.300. The number of amides is 1. The van der Waals surface area contributed by atoms with E-state index < -0.39 is 6.29 Å². The molecule has 0 radical (unpaired) electrons. The van der Waals surface area contributed by atoms with Gasteiger partial charge in [0.05, 0.1) is 12.6 Å². The molecule has 6 heteroatoms. The lowest BCUT2D eigenvalue weighted by Crippen LogP contribution is -2.62. The SMILES string of the molecule is NC1CC(=O)NC(Nc2ccc(F)cc2)N1. The number of anilines is 1.